The van der Waals surface area contributed by atoms with Gasteiger partial charge in [-0.15, -0.1) is 0 Å². The molecule has 0 heterocycles. The van der Waals surface area contributed by atoms with Crippen molar-refractivity contribution >= 4 is 23.8 Å². The lowest BCUT2D eigenvalue weighted by molar-refractivity contribution is -0.157. The number of methoxy groups -OCH3 is 2. The van der Waals surface area contributed by atoms with Crippen LogP contribution in [-0.2, 0) is 35.2 Å². The van der Waals surface area contributed by atoms with Crippen molar-refractivity contribution < 1.29 is 28.7 Å². The maximum absolute atomic E-state index is 12.7. The molecule has 2 rings (SSSR count). The summed E-state index contributed by atoms with van der Waals surface area (Å²) in [6.45, 7) is 2.97. The topological polar surface area (TPSA) is 102 Å². The van der Waals surface area contributed by atoms with E-state index in [0.29, 0.717) is 19.3 Å². The third kappa shape index (κ3) is 5.17. The fourth-order valence-electron chi connectivity index (χ4n) is 4.35. The Morgan fingerprint density at radius 3 is 2.33 bits per heavy atom. The van der Waals surface area contributed by atoms with Crippen molar-refractivity contribution in [3.05, 3.63) is 35.9 Å². The van der Waals surface area contributed by atoms with E-state index in [1.807, 2.05) is 30.3 Å². The summed E-state index contributed by atoms with van der Waals surface area (Å²) in [7, 11) is 2.54. The second-order valence-electron chi connectivity index (χ2n) is 7.64. The monoisotopic (exact) mass is 418 g/mol. The molecule has 164 valence electrons. The van der Waals surface area contributed by atoms with Crippen LogP contribution in [0.15, 0.2) is 30.3 Å². The number of rotatable bonds is 8. The van der Waals surface area contributed by atoms with E-state index in [2.05, 4.69) is 5.32 Å². The Kier molecular flexibility index (Phi) is 7.97. The van der Waals surface area contributed by atoms with Gasteiger partial charge in [0.05, 0.1) is 14.2 Å². The molecule has 0 bridgehead atoms. The first kappa shape index (κ1) is 23.4. The van der Waals surface area contributed by atoms with Gasteiger partial charge in [-0.3, -0.25) is 9.59 Å². The van der Waals surface area contributed by atoms with Gasteiger partial charge < -0.3 is 19.7 Å². The van der Waals surface area contributed by atoms with Gasteiger partial charge in [0.15, 0.2) is 0 Å². The molecule has 0 aliphatic heterocycles. The maximum Gasteiger partial charge on any atom is 0.331 e. The van der Waals surface area contributed by atoms with Crippen molar-refractivity contribution in [1.82, 2.24) is 10.2 Å². The van der Waals surface area contributed by atoms with Crippen LogP contribution in [-0.4, -0.2) is 54.5 Å². The number of benzene rings is 1. The second kappa shape index (κ2) is 10.2. The Morgan fingerprint density at radius 2 is 1.80 bits per heavy atom. The summed E-state index contributed by atoms with van der Waals surface area (Å²) in [5.74, 6) is -2.11. The van der Waals surface area contributed by atoms with E-state index < -0.39 is 23.5 Å². The number of nitrogens with zero attached hydrogens (tertiary/aromatic N) is 1. The van der Waals surface area contributed by atoms with Crippen LogP contribution in [0.25, 0.3) is 0 Å². The molecular weight excluding hydrogens is 388 g/mol. The van der Waals surface area contributed by atoms with Crippen LogP contribution < -0.4 is 5.32 Å². The third-order valence-corrected chi connectivity index (χ3v) is 5.73. The normalized spacial score (nSPS) is 21.4. The Morgan fingerprint density at radius 1 is 1.13 bits per heavy atom. The highest BCUT2D eigenvalue weighted by atomic mass is 16.5. The van der Waals surface area contributed by atoms with E-state index in [1.165, 1.54) is 33.0 Å². The molecule has 8 heteroatoms. The molecule has 8 nitrogen and oxygen atoms in total. The van der Waals surface area contributed by atoms with Gasteiger partial charge >= 0.3 is 11.9 Å². The highest BCUT2D eigenvalue weighted by Gasteiger charge is 2.52. The number of carbonyl (C=O) groups excluding carboxylic acids is 4. The highest BCUT2D eigenvalue weighted by Crippen LogP contribution is 2.40. The molecule has 1 N–H and O–H groups in total. The predicted octanol–water partition coefficient (Wildman–Crippen LogP) is 1.81. The number of ether oxygens (including phenoxy) is 2. The molecule has 1 aromatic carbocycles. The predicted molar refractivity (Wildman–Crippen MR) is 109 cm³/mol. The van der Waals surface area contributed by atoms with Crippen LogP contribution in [0, 0.1) is 5.92 Å². The number of hydrogen-bond donors (Lipinski definition) is 1. The van der Waals surface area contributed by atoms with Crippen LogP contribution in [0.4, 0.5) is 0 Å². The lowest BCUT2D eigenvalue weighted by Gasteiger charge is -2.37. The zero-order valence-electron chi connectivity index (χ0n) is 18.0. The fraction of sp³-hybridized carbons (Fsp3) is 0.545. The lowest BCUT2D eigenvalue weighted by Crippen LogP contribution is -2.58. The van der Waals surface area contributed by atoms with Gasteiger partial charge in [-0.05, 0) is 30.7 Å². The molecule has 3 atom stereocenters. The van der Waals surface area contributed by atoms with E-state index in [-0.39, 0.29) is 30.7 Å². The Labute approximate surface area is 176 Å². The molecule has 0 unspecified atom stereocenters. The molecule has 0 spiro atoms. The average Bonchev–Trinajstić information content (AvgIpc) is 3.12. The minimum absolute atomic E-state index is 0.175. The summed E-state index contributed by atoms with van der Waals surface area (Å²) >= 11 is 0. The molecule has 1 saturated carbocycles. The van der Waals surface area contributed by atoms with Crippen molar-refractivity contribution in [1.29, 1.82) is 0 Å². The number of carbonyl (C=O) groups is 4. The average molecular weight is 418 g/mol. The van der Waals surface area contributed by atoms with Gasteiger partial charge in [-0.1, -0.05) is 36.8 Å². The van der Waals surface area contributed by atoms with Crippen molar-refractivity contribution in [2.24, 2.45) is 5.92 Å². The van der Waals surface area contributed by atoms with E-state index in [9.17, 15) is 19.2 Å². The van der Waals surface area contributed by atoms with Crippen LogP contribution in [0.3, 0.4) is 0 Å². The summed E-state index contributed by atoms with van der Waals surface area (Å²) in [6.07, 6.45) is 1.89. The zero-order chi connectivity index (χ0) is 22.3. The van der Waals surface area contributed by atoms with Gasteiger partial charge in [0.1, 0.15) is 11.6 Å². The molecular formula is C22H30N2O6. The highest BCUT2D eigenvalue weighted by molar-refractivity contribution is 5.88. The fourth-order valence-corrected chi connectivity index (χ4v) is 4.35. The molecule has 30 heavy (non-hydrogen) atoms. The van der Waals surface area contributed by atoms with Crippen molar-refractivity contribution in [3.8, 4) is 0 Å². The van der Waals surface area contributed by atoms with E-state index in [0.717, 1.165) is 5.56 Å². The number of hydrogen-bond acceptors (Lipinski definition) is 6. The van der Waals surface area contributed by atoms with E-state index in [1.54, 1.807) is 0 Å². The Bertz CT molecular complexity index is 781. The second-order valence-corrected chi connectivity index (χ2v) is 7.64. The number of esters is 2. The van der Waals surface area contributed by atoms with Gasteiger partial charge in [0, 0.05) is 20.4 Å². The molecule has 1 aliphatic carbocycles. The Hall–Kier alpha value is -2.90. The first-order chi connectivity index (χ1) is 14.2. The summed E-state index contributed by atoms with van der Waals surface area (Å²) < 4.78 is 9.98. The standard InChI is InChI=1S/C22H30N2O6/c1-15(25)23-22(21(28)30-4)12-8-11-18(22)13-19(20(27)29-3)24(16(2)26)14-17-9-6-5-7-10-17/h5-7,9-10,18-19H,8,11-14H2,1-4H3,(H,23,25)/t18-,19-,22-/m1/s1. The Balaban J connectivity index is 2.37. The van der Waals surface area contributed by atoms with E-state index >= 15 is 0 Å². The first-order valence-electron chi connectivity index (χ1n) is 10.0. The molecule has 1 aromatic rings. The SMILES string of the molecule is COC(=O)[C@@H](C[C@H]1CCC[C@]1(NC(C)=O)C(=O)OC)N(Cc1ccccc1)C(C)=O. The summed E-state index contributed by atoms with van der Waals surface area (Å²) in [6, 6.07) is 8.43. The van der Waals surface area contributed by atoms with Crippen LogP contribution in [0.1, 0.15) is 45.1 Å². The van der Waals surface area contributed by atoms with Crippen LogP contribution in [0.5, 0.6) is 0 Å². The summed E-state index contributed by atoms with van der Waals surface area (Å²) in [5.41, 5.74) is -0.351. The maximum atomic E-state index is 12.7. The molecule has 2 amide bonds. The minimum atomic E-state index is -1.22. The smallest absolute Gasteiger partial charge is 0.331 e. The van der Waals surface area contributed by atoms with Crippen molar-refractivity contribution in [2.75, 3.05) is 14.2 Å². The van der Waals surface area contributed by atoms with Gasteiger partial charge in [0.25, 0.3) is 0 Å². The summed E-state index contributed by atoms with van der Waals surface area (Å²) in [5, 5.41) is 2.77. The van der Waals surface area contributed by atoms with Gasteiger partial charge in [-0.25, -0.2) is 9.59 Å². The van der Waals surface area contributed by atoms with Gasteiger partial charge in [0.2, 0.25) is 11.8 Å². The first-order valence-corrected chi connectivity index (χ1v) is 10.0. The largest absolute Gasteiger partial charge is 0.467 e. The molecule has 1 aliphatic rings. The minimum Gasteiger partial charge on any atom is -0.467 e. The molecule has 1 fully saturated rings. The van der Waals surface area contributed by atoms with E-state index in [4.69, 9.17) is 9.47 Å². The number of nitrogens with one attached hydrogen (secondary N) is 1. The number of amides is 2. The van der Waals surface area contributed by atoms with Gasteiger partial charge in [-0.2, -0.15) is 0 Å². The quantitative estimate of drug-likeness (QED) is 0.646. The van der Waals surface area contributed by atoms with Crippen molar-refractivity contribution in [3.63, 3.8) is 0 Å². The third-order valence-electron chi connectivity index (χ3n) is 5.73. The lowest BCUT2D eigenvalue weighted by atomic mass is 9.81. The van der Waals surface area contributed by atoms with Crippen molar-refractivity contribution in [2.45, 2.75) is 57.7 Å². The summed E-state index contributed by atoms with van der Waals surface area (Å²) in [4.78, 5) is 51.1. The van der Waals surface area contributed by atoms with Crippen LogP contribution >= 0.6 is 0 Å². The molecule has 0 radical (unpaired) electrons. The van der Waals surface area contributed by atoms with Crippen LogP contribution in [0.2, 0.25) is 0 Å². The zero-order valence-corrected chi connectivity index (χ0v) is 18.0. The molecule has 0 aromatic heterocycles. The molecule has 0 saturated heterocycles.